The summed E-state index contributed by atoms with van der Waals surface area (Å²) in [5.41, 5.74) is 1.06. The Kier molecular flexibility index (Phi) is 5.16. The average Bonchev–Trinajstić information content (AvgIpc) is 2.64. The summed E-state index contributed by atoms with van der Waals surface area (Å²) in [5.74, 6) is -2.20. The maximum absolute atomic E-state index is 13.3. The number of hydrogen-bond acceptors (Lipinski definition) is 3. The average molecular weight is 360 g/mol. The lowest BCUT2D eigenvalue weighted by Crippen LogP contribution is -2.35. The van der Waals surface area contributed by atoms with E-state index in [0.717, 1.165) is 25.0 Å². The molecule has 2 aromatic carbocycles. The zero-order valence-corrected chi connectivity index (χ0v) is 14.2. The highest BCUT2D eigenvalue weighted by atomic mass is 19.2. The number of hydrogen-bond donors (Lipinski definition) is 1. The first-order valence-corrected chi connectivity index (χ1v) is 8.24. The van der Waals surface area contributed by atoms with Gasteiger partial charge in [0.15, 0.2) is 11.6 Å². The lowest BCUT2D eigenvalue weighted by atomic mass is 10.1. The largest absolute Gasteiger partial charge is 0.494 e. The maximum atomic E-state index is 13.3. The summed E-state index contributed by atoms with van der Waals surface area (Å²) in [6.07, 6.45) is 2.29. The van der Waals surface area contributed by atoms with Gasteiger partial charge in [-0.15, -0.1) is 0 Å². The minimum atomic E-state index is -1.09. The number of rotatable bonds is 4. The van der Waals surface area contributed by atoms with Crippen LogP contribution >= 0.6 is 0 Å². The molecule has 1 N–H and O–H groups in total. The van der Waals surface area contributed by atoms with E-state index in [1.807, 2.05) is 0 Å². The van der Waals surface area contributed by atoms with E-state index in [9.17, 15) is 18.4 Å². The monoisotopic (exact) mass is 360 g/mol. The molecular weight excluding hydrogens is 342 g/mol. The summed E-state index contributed by atoms with van der Waals surface area (Å²) in [4.78, 5) is 26.0. The molecule has 1 aliphatic heterocycles. The van der Waals surface area contributed by atoms with Crippen molar-refractivity contribution in [2.75, 3.05) is 23.9 Å². The van der Waals surface area contributed by atoms with Crippen molar-refractivity contribution in [1.29, 1.82) is 0 Å². The van der Waals surface area contributed by atoms with Gasteiger partial charge in [0.25, 0.3) is 5.91 Å². The summed E-state index contributed by atoms with van der Waals surface area (Å²) < 4.78 is 31.6. The van der Waals surface area contributed by atoms with Crippen LogP contribution < -0.4 is 15.0 Å². The zero-order valence-electron chi connectivity index (χ0n) is 14.2. The minimum Gasteiger partial charge on any atom is -0.494 e. The predicted molar refractivity (Wildman–Crippen MR) is 93.5 cm³/mol. The van der Waals surface area contributed by atoms with Gasteiger partial charge in [-0.2, -0.15) is 0 Å². The number of amides is 2. The second kappa shape index (κ2) is 7.51. The summed E-state index contributed by atoms with van der Waals surface area (Å²) in [7, 11) is 1.48. The molecule has 1 saturated heterocycles. The number of halogens is 2. The normalized spacial score (nSPS) is 14.3. The van der Waals surface area contributed by atoms with Crippen molar-refractivity contribution in [3.05, 3.63) is 53.6 Å². The molecule has 0 aromatic heterocycles. The van der Waals surface area contributed by atoms with E-state index in [0.29, 0.717) is 30.1 Å². The van der Waals surface area contributed by atoms with Crippen LogP contribution in [0.15, 0.2) is 36.4 Å². The molecule has 136 valence electrons. The molecule has 1 aliphatic rings. The molecule has 0 saturated carbocycles. The van der Waals surface area contributed by atoms with Gasteiger partial charge in [0.1, 0.15) is 5.75 Å². The van der Waals surface area contributed by atoms with Crippen LogP contribution in [0, 0.1) is 11.6 Å². The fourth-order valence-corrected chi connectivity index (χ4v) is 2.88. The Balaban J connectivity index is 1.81. The third kappa shape index (κ3) is 3.66. The molecule has 0 radical (unpaired) electrons. The topological polar surface area (TPSA) is 58.6 Å². The fourth-order valence-electron chi connectivity index (χ4n) is 2.88. The highest BCUT2D eigenvalue weighted by Gasteiger charge is 2.23. The first-order chi connectivity index (χ1) is 12.5. The van der Waals surface area contributed by atoms with E-state index in [2.05, 4.69) is 5.32 Å². The number of anilines is 2. The summed E-state index contributed by atoms with van der Waals surface area (Å²) in [6, 6.07) is 7.86. The summed E-state index contributed by atoms with van der Waals surface area (Å²) >= 11 is 0. The Morgan fingerprint density at radius 3 is 2.62 bits per heavy atom. The molecule has 0 unspecified atom stereocenters. The van der Waals surface area contributed by atoms with E-state index in [-0.39, 0.29) is 11.5 Å². The van der Waals surface area contributed by atoms with Crippen molar-refractivity contribution < 1.29 is 23.1 Å². The number of carbonyl (C=O) groups excluding carboxylic acids is 2. The van der Waals surface area contributed by atoms with Gasteiger partial charge in [0.05, 0.1) is 12.8 Å². The zero-order chi connectivity index (χ0) is 18.7. The SMILES string of the molecule is COc1cc(NC(=O)c2ccc(F)c(F)c2)ccc1N1CCCCC1=O. The van der Waals surface area contributed by atoms with Crippen LogP contribution in [-0.2, 0) is 4.79 Å². The van der Waals surface area contributed by atoms with Crippen molar-refractivity contribution in [3.8, 4) is 5.75 Å². The third-order valence-corrected chi connectivity index (χ3v) is 4.23. The van der Waals surface area contributed by atoms with Gasteiger partial charge in [0.2, 0.25) is 5.91 Å². The summed E-state index contributed by atoms with van der Waals surface area (Å²) in [6.45, 7) is 0.621. The van der Waals surface area contributed by atoms with E-state index >= 15 is 0 Å². The van der Waals surface area contributed by atoms with Gasteiger partial charge in [-0.1, -0.05) is 0 Å². The van der Waals surface area contributed by atoms with Crippen molar-refractivity contribution >= 4 is 23.2 Å². The second-order valence-electron chi connectivity index (χ2n) is 5.97. The molecule has 2 aromatic rings. The number of carbonyl (C=O) groups is 2. The Labute approximate surface area is 149 Å². The van der Waals surface area contributed by atoms with E-state index in [4.69, 9.17) is 4.74 Å². The van der Waals surface area contributed by atoms with Crippen LogP contribution in [0.5, 0.6) is 5.75 Å². The molecule has 0 spiro atoms. The van der Waals surface area contributed by atoms with Crippen LogP contribution in [0.3, 0.4) is 0 Å². The Bertz CT molecular complexity index is 855. The molecule has 1 heterocycles. The molecule has 5 nitrogen and oxygen atoms in total. The van der Waals surface area contributed by atoms with Crippen LogP contribution in [0.2, 0.25) is 0 Å². The second-order valence-corrected chi connectivity index (χ2v) is 5.97. The van der Waals surface area contributed by atoms with Gasteiger partial charge in [-0.25, -0.2) is 8.78 Å². The number of benzene rings is 2. The van der Waals surface area contributed by atoms with Crippen molar-refractivity contribution in [2.24, 2.45) is 0 Å². The summed E-state index contributed by atoms with van der Waals surface area (Å²) in [5, 5.41) is 2.61. The van der Waals surface area contributed by atoms with E-state index < -0.39 is 17.5 Å². The first kappa shape index (κ1) is 17.8. The first-order valence-electron chi connectivity index (χ1n) is 8.24. The Hall–Kier alpha value is -2.96. The van der Waals surface area contributed by atoms with Crippen molar-refractivity contribution in [1.82, 2.24) is 0 Å². The van der Waals surface area contributed by atoms with Crippen molar-refractivity contribution in [3.63, 3.8) is 0 Å². The van der Waals surface area contributed by atoms with Crippen LogP contribution in [0.1, 0.15) is 29.6 Å². The quantitative estimate of drug-likeness (QED) is 0.904. The molecule has 7 heteroatoms. The lowest BCUT2D eigenvalue weighted by molar-refractivity contribution is -0.119. The number of methoxy groups -OCH3 is 1. The minimum absolute atomic E-state index is 0.00171. The van der Waals surface area contributed by atoms with Gasteiger partial charge in [-0.3, -0.25) is 9.59 Å². The van der Waals surface area contributed by atoms with Gasteiger partial charge in [-0.05, 0) is 43.2 Å². The third-order valence-electron chi connectivity index (χ3n) is 4.23. The lowest BCUT2D eigenvalue weighted by Gasteiger charge is -2.28. The van der Waals surface area contributed by atoms with Crippen LogP contribution in [0.4, 0.5) is 20.2 Å². The molecule has 26 heavy (non-hydrogen) atoms. The number of ether oxygens (including phenoxy) is 1. The predicted octanol–water partition coefficient (Wildman–Crippen LogP) is 3.74. The number of nitrogens with one attached hydrogen (secondary N) is 1. The molecule has 0 atom stereocenters. The highest BCUT2D eigenvalue weighted by Crippen LogP contribution is 2.33. The smallest absolute Gasteiger partial charge is 0.255 e. The molecule has 0 aliphatic carbocycles. The molecular formula is C19H18F2N2O3. The molecule has 2 amide bonds. The van der Waals surface area contributed by atoms with Crippen molar-refractivity contribution in [2.45, 2.75) is 19.3 Å². The van der Waals surface area contributed by atoms with E-state index in [1.54, 1.807) is 23.1 Å². The fraction of sp³-hybridized carbons (Fsp3) is 0.263. The molecule has 3 rings (SSSR count). The molecule has 0 bridgehead atoms. The Morgan fingerprint density at radius 1 is 1.12 bits per heavy atom. The molecule has 1 fully saturated rings. The number of piperidine rings is 1. The maximum Gasteiger partial charge on any atom is 0.255 e. The van der Waals surface area contributed by atoms with Gasteiger partial charge >= 0.3 is 0 Å². The highest BCUT2D eigenvalue weighted by molar-refractivity contribution is 6.04. The van der Waals surface area contributed by atoms with Crippen LogP contribution in [-0.4, -0.2) is 25.5 Å². The standard InChI is InChI=1S/C19H18F2N2O3/c1-26-17-11-13(6-8-16(17)23-9-3-2-4-18(23)24)22-19(25)12-5-7-14(20)15(21)10-12/h5-8,10-11H,2-4,9H2,1H3,(H,22,25). The van der Waals surface area contributed by atoms with Crippen LogP contribution in [0.25, 0.3) is 0 Å². The van der Waals surface area contributed by atoms with Gasteiger partial charge in [0, 0.05) is 30.3 Å². The number of nitrogens with zero attached hydrogens (tertiary/aromatic N) is 1. The Morgan fingerprint density at radius 2 is 1.92 bits per heavy atom. The van der Waals surface area contributed by atoms with Gasteiger partial charge < -0.3 is 15.0 Å². The van der Waals surface area contributed by atoms with E-state index in [1.165, 1.54) is 13.2 Å².